The zero-order valence-corrected chi connectivity index (χ0v) is 12.4. The molecule has 0 aromatic heterocycles. The van der Waals surface area contributed by atoms with E-state index in [0.29, 0.717) is 25.9 Å². The van der Waals surface area contributed by atoms with Crippen LogP contribution in [0.25, 0.3) is 0 Å². The Kier molecular flexibility index (Phi) is 5.52. The van der Waals surface area contributed by atoms with Gasteiger partial charge in [0.15, 0.2) is 0 Å². The van der Waals surface area contributed by atoms with Gasteiger partial charge in [0, 0.05) is 18.5 Å². The average molecular weight is 306 g/mol. The lowest BCUT2D eigenvalue weighted by molar-refractivity contribution is -0.187. The molecule has 0 radical (unpaired) electrons. The fourth-order valence-electron chi connectivity index (χ4n) is 3.38. The Morgan fingerprint density at radius 3 is 2.33 bits per heavy atom. The first-order valence-corrected chi connectivity index (χ1v) is 8.00. The van der Waals surface area contributed by atoms with Crippen molar-refractivity contribution < 1.29 is 18.0 Å². The summed E-state index contributed by atoms with van der Waals surface area (Å²) in [5, 5.41) is 0. The van der Waals surface area contributed by atoms with Crippen LogP contribution in [-0.4, -0.2) is 36.1 Å². The first-order chi connectivity index (χ1) is 9.93. The second-order valence-corrected chi connectivity index (χ2v) is 6.36. The van der Waals surface area contributed by atoms with Crippen LogP contribution in [0.3, 0.4) is 0 Å². The van der Waals surface area contributed by atoms with Crippen LogP contribution in [0.1, 0.15) is 51.4 Å². The lowest BCUT2D eigenvalue weighted by atomic mass is 9.79. The molecule has 2 saturated carbocycles. The number of rotatable bonds is 5. The second kappa shape index (κ2) is 6.99. The molecule has 3 nitrogen and oxygen atoms in total. The van der Waals surface area contributed by atoms with E-state index in [1.165, 1.54) is 0 Å². The van der Waals surface area contributed by atoms with Gasteiger partial charge in [-0.05, 0) is 51.5 Å². The van der Waals surface area contributed by atoms with E-state index in [0.717, 1.165) is 25.7 Å². The van der Waals surface area contributed by atoms with Gasteiger partial charge < -0.3 is 10.6 Å². The molecule has 122 valence electrons. The van der Waals surface area contributed by atoms with E-state index in [4.69, 9.17) is 5.73 Å². The first-order valence-electron chi connectivity index (χ1n) is 8.00. The molecule has 21 heavy (non-hydrogen) atoms. The lowest BCUT2D eigenvalue weighted by Crippen LogP contribution is -2.48. The van der Waals surface area contributed by atoms with Crippen LogP contribution >= 0.6 is 0 Å². The number of nitrogens with zero attached hydrogens (tertiary/aromatic N) is 1. The van der Waals surface area contributed by atoms with Crippen molar-refractivity contribution in [2.24, 2.45) is 17.6 Å². The van der Waals surface area contributed by atoms with Gasteiger partial charge in [0.05, 0.1) is 5.92 Å². The molecule has 0 aromatic rings. The highest BCUT2D eigenvalue weighted by Crippen LogP contribution is 2.41. The molecule has 2 N–H and O–H groups in total. The highest BCUT2D eigenvalue weighted by Gasteiger charge is 2.44. The molecule has 0 heterocycles. The van der Waals surface area contributed by atoms with E-state index in [2.05, 4.69) is 0 Å². The minimum atomic E-state index is -4.17. The van der Waals surface area contributed by atoms with Crippen molar-refractivity contribution in [2.45, 2.75) is 63.6 Å². The molecule has 1 amide bonds. The van der Waals surface area contributed by atoms with Crippen molar-refractivity contribution in [3.05, 3.63) is 0 Å². The third-order valence-corrected chi connectivity index (χ3v) is 4.89. The van der Waals surface area contributed by atoms with E-state index >= 15 is 0 Å². The summed E-state index contributed by atoms with van der Waals surface area (Å²) in [6.07, 6.45) is 0.834. The molecule has 2 fully saturated rings. The van der Waals surface area contributed by atoms with Gasteiger partial charge in [-0.15, -0.1) is 0 Å². The molecule has 0 aliphatic heterocycles. The van der Waals surface area contributed by atoms with Gasteiger partial charge >= 0.3 is 6.18 Å². The molecule has 0 aromatic carbocycles. The van der Waals surface area contributed by atoms with E-state index in [9.17, 15) is 18.0 Å². The molecule has 0 saturated heterocycles. The van der Waals surface area contributed by atoms with Crippen LogP contribution in [0, 0.1) is 11.8 Å². The summed E-state index contributed by atoms with van der Waals surface area (Å²) in [5.74, 6) is -1.83. The molecule has 2 atom stereocenters. The van der Waals surface area contributed by atoms with Crippen molar-refractivity contribution >= 4 is 5.91 Å². The largest absolute Gasteiger partial charge is 0.391 e. The molecular formula is C15H25F3N2O. The van der Waals surface area contributed by atoms with Crippen molar-refractivity contribution in [1.29, 1.82) is 0 Å². The molecule has 6 heteroatoms. The molecule has 2 aliphatic carbocycles. The summed E-state index contributed by atoms with van der Waals surface area (Å²) >= 11 is 0. The first kappa shape index (κ1) is 16.6. The Hall–Kier alpha value is -0.780. The molecule has 2 rings (SSSR count). The highest BCUT2D eigenvalue weighted by molar-refractivity contribution is 5.79. The topological polar surface area (TPSA) is 46.3 Å². The highest BCUT2D eigenvalue weighted by atomic mass is 19.4. The maximum Gasteiger partial charge on any atom is 0.391 e. The molecule has 0 bridgehead atoms. The van der Waals surface area contributed by atoms with Gasteiger partial charge in [0.25, 0.3) is 0 Å². The lowest BCUT2D eigenvalue weighted by Gasteiger charge is -2.41. The van der Waals surface area contributed by atoms with Crippen LogP contribution in [0.4, 0.5) is 13.2 Å². The fourth-order valence-corrected chi connectivity index (χ4v) is 3.38. The van der Waals surface area contributed by atoms with Gasteiger partial charge in [-0.3, -0.25) is 4.79 Å². The predicted octanol–water partition coefficient (Wildman–Crippen LogP) is 3.09. The Bertz CT molecular complexity index is 355. The Morgan fingerprint density at radius 2 is 1.81 bits per heavy atom. The minimum Gasteiger partial charge on any atom is -0.339 e. The van der Waals surface area contributed by atoms with Crippen molar-refractivity contribution in [3.63, 3.8) is 0 Å². The molecular weight excluding hydrogens is 281 g/mol. The summed E-state index contributed by atoms with van der Waals surface area (Å²) < 4.78 is 38.6. The average Bonchev–Trinajstić information content (AvgIpc) is 2.39. The van der Waals surface area contributed by atoms with Crippen molar-refractivity contribution in [3.8, 4) is 0 Å². The number of amides is 1. The van der Waals surface area contributed by atoms with Gasteiger partial charge in [0.2, 0.25) is 5.91 Å². The number of hydrogen-bond acceptors (Lipinski definition) is 2. The quantitative estimate of drug-likeness (QED) is 0.848. The number of carbonyl (C=O) groups excluding carboxylic acids is 1. The van der Waals surface area contributed by atoms with Crippen LogP contribution in [0.15, 0.2) is 0 Å². The fraction of sp³-hybridized carbons (Fsp3) is 0.933. The second-order valence-electron chi connectivity index (χ2n) is 6.36. The van der Waals surface area contributed by atoms with E-state index in [1.54, 1.807) is 0 Å². The molecule has 2 unspecified atom stereocenters. The van der Waals surface area contributed by atoms with Gasteiger partial charge in [-0.2, -0.15) is 13.2 Å². The van der Waals surface area contributed by atoms with Crippen molar-refractivity contribution in [1.82, 2.24) is 4.90 Å². The number of halogens is 3. The van der Waals surface area contributed by atoms with E-state index in [1.807, 2.05) is 4.90 Å². The maximum atomic E-state index is 12.9. The standard InChI is InChI=1S/C15H25F3N2O/c16-15(17,18)12-5-1-4-11(10-12)14(21)20(9-3-8-19)13-6-2-7-13/h11-13H,1-10,19H2. The third kappa shape index (κ3) is 4.11. The Balaban J connectivity index is 1.98. The van der Waals surface area contributed by atoms with Crippen molar-refractivity contribution in [2.75, 3.05) is 13.1 Å². The number of carbonyl (C=O) groups is 1. The number of alkyl halides is 3. The van der Waals surface area contributed by atoms with Crippen LogP contribution in [0.2, 0.25) is 0 Å². The third-order valence-electron chi connectivity index (χ3n) is 4.89. The Labute approximate surface area is 124 Å². The summed E-state index contributed by atoms with van der Waals surface area (Å²) in [6.45, 7) is 1.10. The Morgan fingerprint density at radius 1 is 1.14 bits per heavy atom. The zero-order valence-electron chi connectivity index (χ0n) is 12.4. The van der Waals surface area contributed by atoms with Crippen LogP contribution < -0.4 is 5.73 Å². The summed E-state index contributed by atoms with van der Waals surface area (Å²) in [4.78, 5) is 14.4. The van der Waals surface area contributed by atoms with Crippen LogP contribution in [-0.2, 0) is 4.79 Å². The summed E-state index contributed by atoms with van der Waals surface area (Å²) in [7, 11) is 0. The van der Waals surface area contributed by atoms with Gasteiger partial charge in [0.1, 0.15) is 0 Å². The maximum absolute atomic E-state index is 12.9. The smallest absolute Gasteiger partial charge is 0.339 e. The zero-order chi connectivity index (χ0) is 15.5. The molecule has 0 spiro atoms. The molecule has 2 aliphatic rings. The van der Waals surface area contributed by atoms with Gasteiger partial charge in [-0.25, -0.2) is 0 Å². The summed E-state index contributed by atoms with van der Waals surface area (Å²) in [6, 6.07) is 0.232. The number of nitrogens with two attached hydrogens (primary N) is 1. The van der Waals surface area contributed by atoms with E-state index < -0.39 is 18.0 Å². The van der Waals surface area contributed by atoms with Crippen LogP contribution in [0.5, 0.6) is 0 Å². The SMILES string of the molecule is NCCCN(C(=O)C1CCCC(C(F)(F)F)C1)C1CCC1. The minimum absolute atomic E-state index is 0.0336. The normalized spacial score (nSPS) is 27.2. The predicted molar refractivity (Wildman–Crippen MR) is 74.5 cm³/mol. The van der Waals surface area contributed by atoms with Gasteiger partial charge in [-0.1, -0.05) is 6.42 Å². The number of hydrogen-bond donors (Lipinski definition) is 1. The van der Waals surface area contributed by atoms with E-state index in [-0.39, 0.29) is 24.8 Å². The summed E-state index contributed by atoms with van der Waals surface area (Å²) in [5.41, 5.74) is 5.51. The monoisotopic (exact) mass is 306 g/mol.